The van der Waals surface area contributed by atoms with Crippen LogP contribution in [0, 0.1) is 6.92 Å². The third-order valence-electron chi connectivity index (χ3n) is 6.52. The smallest absolute Gasteiger partial charge is 0.194 e. The van der Waals surface area contributed by atoms with Crippen LogP contribution >= 0.6 is 0 Å². The van der Waals surface area contributed by atoms with Crippen molar-refractivity contribution in [3.63, 3.8) is 0 Å². The second-order valence-corrected chi connectivity index (χ2v) is 8.64. The van der Waals surface area contributed by atoms with E-state index in [1.54, 1.807) is 0 Å². The Morgan fingerprint density at radius 2 is 1.93 bits per heavy atom. The zero-order chi connectivity index (χ0) is 20.1. The highest BCUT2D eigenvalue weighted by Crippen LogP contribution is 2.20. The number of piperidine rings is 1. The van der Waals surface area contributed by atoms with Crippen LogP contribution in [-0.2, 0) is 23.1 Å². The molecule has 29 heavy (non-hydrogen) atoms. The van der Waals surface area contributed by atoms with E-state index < -0.39 is 0 Å². The fourth-order valence-electron chi connectivity index (χ4n) is 4.48. The molecule has 4 rings (SSSR count). The molecule has 3 fully saturated rings. The molecule has 0 amide bonds. The van der Waals surface area contributed by atoms with Gasteiger partial charge in [-0.3, -0.25) is 0 Å². The van der Waals surface area contributed by atoms with Crippen LogP contribution in [0.1, 0.15) is 63.0 Å². The van der Waals surface area contributed by atoms with Gasteiger partial charge in [-0.25, -0.2) is 4.99 Å². The van der Waals surface area contributed by atoms with Gasteiger partial charge in [0.05, 0.1) is 18.8 Å². The lowest BCUT2D eigenvalue weighted by Crippen LogP contribution is -2.49. The molecule has 0 bridgehead atoms. The van der Waals surface area contributed by atoms with E-state index in [1.165, 1.54) is 32.1 Å². The van der Waals surface area contributed by atoms with Gasteiger partial charge in [0.25, 0.3) is 0 Å². The largest absolute Gasteiger partial charge is 0.376 e. The standard InChI is InChI=1S/C21H36N6O2/c1-16-24-25-20(26(16)2)14-22-21(23-17-6-3-4-7-17)27-11-9-18(10-12-27)29-15-19-8-5-13-28-19/h17-19H,3-15H2,1-2H3,(H,22,23). The number of hydrogen-bond acceptors (Lipinski definition) is 5. The van der Waals surface area contributed by atoms with Gasteiger partial charge in [-0.2, -0.15) is 0 Å². The topological polar surface area (TPSA) is 76.8 Å². The molecule has 162 valence electrons. The summed E-state index contributed by atoms with van der Waals surface area (Å²) in [6, 6.07) is 0.545. The van der Waals surface area contributed by atoms with Gasteiger partial charge in [0.15, 0.2) is 11.8 Å². The summed E-state index contributed by atoms with van der Waals surface area (Å²) < 4.78 is 13.8. The first-order valence-electron chi connectivity index (χ1n) is 11.3. The van der Waals surface area contributed by atoms with Crippen LogP contribution in [0.2, 0.25) is 0 Å². The molecule has 1 saturated carbocycles. The molecule has 0 aromatic carbocycles. The Morgan fingerprint density at radius 3 is 2.59 bits per heavy atom. The maximum Gasteiger partial charge on any atom is 0.194 e. The molecule has 1 unspecified atom stereocenters. The van der Waals surface area contributed by atoms with E-state index in [9.17, 15) is 0 Å². The Bertz CT molecular complexity index is 671. The monoisotopic (exact) mass is 404 g/mol. The summed E-state index contributed by atoms with van der Waals surface area (Å²) in [5.74, 6) is 2.85. The minimum absolute atomic E-state index is 0.309. The highest BCUT2D eigenvalue weighted by Gasteiger charge is 2.26. The van der Waals surface area contributed by atoms with Gasteiger partial charge in [-0.15, -0.1) is 10.2 Å². The van der Waals surface area contributed by atoms with Crippen molar-refractivity contribution in [1.29, 1.82) is 0 Å². The van der Waals surface area contributed by atoms with Crippen molar-refractivity contribution >= 4 is 5.96 Å². The normalized spacial score (nSPS) is 24.6. The van der Waals surface area contributed by atoms with Crippen LogP contribution in [0.15, 0.2) is 4.99 Å². The molecular formula is C21H36N6O2. The zero-order valence-corrected chi connectivity index (χ0v) is 18.0. The third-order valence-corrected chi connectivity index (χ3v) is 6.52. The summed E-state index contributed by atoms with van der Waals surface area (Å²) in [6.45, 7) is 6.13. The molecule has 3 aliphatic rings. The Balaban J connectivity index is 1.33. The van der Waals surface area contributed by atoms with Gasteiger partial charge in [-0.05, 0) is 45.4 Å². The van der Waals surface area contributed by atoms with Gasteiger partial charge < -0.3 is 24.3 Å². The zero-order valence-electron chi connectivity index (χ0n) is 18.0. The summed E-state index contributed by atoms with van der Waals surface area (Å²) in [5, 5.41) is 12.2. The Hall–Kier alpha value is -1.67. The number of ether oxygens (including phenoxy) is 2. The van der Waals surface area contributed by atoms with Crippen molar-refractivity contribution in [3.8, 4) is 0 Å². The molecule has 0 spiro atoms. The van der Waals surface area contributed by atoms with Crippen molar-refractivity contribution < 1.29 is 9.47 Å². The maximum absolute atomic E-state index is 6.14. The predicted molar refractivity (Wildman–Crippen MR) is 112 cm³/mol. The SMILES string of the molecule is Cc1nnc(CN=C(NC2CCCC2)N2CCC(OCC3CCCO3)CC2)n1C. The number of rotatable bonds is 6. The van der Waals surface area contributed by atoms with Gasteiger partial charge in [-0.1, -0.05) is 12.8 Å². The molecule has 8 heteroatoms. The third kappa shape index (κ3) is 5.48. The summed E-state index contributed by atoms with van der Waals surface area (Å²) in [6.07, 6.45) is 10.1. The van der Waals surface area contributed by atoms with Crippen LogP contribution in [-0.4, -0.2) is 70.2 Å². The van der Waals surface area contributed by atoms with E-state index in [4.69, 9.17) is 14.5 Å². The van der Waals surface area contributed by atoms with Crippen LogP contribution in [0.4, 0.5) is 0 Å². The van der Waals surface area contributed by atoms with Gasteiger partial charge in [0.2, 0.25) is 0 Å². The van der Waals surface area contributed by atoms with Crippen LogP contribution in [0.5, 0.6) is 0 Å². The molecule has 1 N–H and O–H groups in total. The van der Waals surface area contributed by atoms with E-state index in [2.05, 4.69) is 20.4 Å². The summed E-state index contributed by atoms with van der Waals surface area (Å²) in [7, 11) is 2.00. The number of aryl methyl sites for hydroxylation is 1. The van der Waals surface area contributed by atoms with Gasteiger partial charge >= 0.3 is 0 Å². The minimum atomic E-state index is 0.309. The molecule has 1 atom stereocenters. The lowest BCUT2D eigenvalue weighted by molar-refractivity contribution is -0.0367. The second kappa shape index (κ2) is 9.89. The molecule has 1 aromatic rings. The average Bonchev–Trinajstić information content (AvgIpc) is 3.50. The van der Waals surface area contributed by atoms with Gasteiger partial charge in [0.1, 0.15) is 12.4 Å². The molecule has 1 aromatic heterocycles. The molecule has 0 radical (unpaired) electrons. The molecule has 2 saturated heterocycles. The van der Waals surface area contributed by atoms with E-state index >= 15 is 0 Å². The molecular weight excluding hydrogens is 368 g/mol. The van der Waals surface area contributed by atoms with E-state index in [0.29, 0.717) is 24.8 Å². The fraction of sp³-hybridized carbons (Fsp3) is 0.857. The number of likely N-dealkylation sites (tertiary alicyclic amines) is 1. The first kappa shape index (κ1) is 20.6. The fourth-order valence-corrected chi connectivity index (χ4v) is 4.48. The summed E-state index contributed by atoms with van der Waals surface area (Å²) >= 11 is 0. The number of aromatic nitrogens is 3. The first-order valence-corrected chi connectivity index (χ1v) is 11.3. The Labute approximate surface area is 174 Å². The number of nitrogens with zero attached hydrogens (tertiary/aromatic N) is 5. The average molecular weight is 405 g/mol. The first-order chi connectivity index (χ1) is 14.2. The highest BCUT2D eigenvalue weighted by atomic mass is 16.5. The number of hydrogen-bond donors (Lipinski definition) is 1. The van der Waals surface area contributed by atoms with Crippen molar-refractivity contribution in [2.24, 2.45) is 12.0 Å². The number of nitrogens with one attached hydrogen (secondary N) is 1. The predicted octanol–water partition coefficient (Wildman–Crippen LogP) is 2.17. The van der Waals surface area contributed by atoms with Crippen LogP contribution in [0.3, 0.4) is 0 Å². The highest BCUT2D eigenvalue weighted by molar-refractivity contribution is 5.80. The molecule has 2 aliphatic heterocycles. The van der Waals surface area contributed by atoms with Gasteiger partial charge in [0, 0.05) is 32.8 Å². The second-order valence-electron chi connectivity index (χ2n) is 8.64. The minimum Gasteiger partial charge on any atom is -0.376 e. The van der Waals surface area contributed by atoms with Crippen LogP contribution in [0.25, 0.3) is 0 Å². The number of guanidine groups is 1. The molecule has 1 aliphatic carbocycles. The van der Waals surface area contributed by atoms with E-state index in [0.717, 1.165) is 63.2 Å². The lowest BCUT2D eigenvalue weighted by atomic mass is 10.1. The lowest BCUT2D eigenvalue weighted by Gasteiger charge is -2.35. The van der Waals surface area contributed by atoms with Crippen molar-refractivity contribution in [3.05, 3.63) is 11.6 Å². The maximum atomic E-state index is 6.14. The summed E-state index contributed by atoms with van der Waals surface area (Å²) in [4.78, 5) is 7.33. The van der Waals surface area contributed by atoms with E-state index in [-0.39, 0.29) is 0 Å². The van der Waals surface area contributed by atoms with Crippen molar-refractivity contribution in [2.75, 3.05) is 26.3 Å². The quantitative estimate of drug-likeness (QED) is 0.578. The van der Waals surface area contributed by atoms with Crippen LogP contribution < -0.4 is 5.32 Å². The molecule has 3 heterocycles. The van der Waals surface area contributed by atoms with Crippen molar-refractivity contribution in [2.45, 2.75) is 83.1 Å². The molecule has 8 nitrogen and oxygen atoms in total. The Kier molecular flexibility index (Phi) is 7.02. The number of aliphatic imine (C=N–C) groups is 1. The van der Waals surface area contributed by atoms with Crippen molar-refractivity contribution in [1.82, 2.24) is 25.0 Å². The summed E-state index contributed by atoms with van der Waals surface area (Å²) in [5.41, 5.74) is 0. The van der Waals surface area contributed by atoms with E-state index in [1.807, 2.05) is 18.5 Å². The Morgan fingerprint density at radius 1 is 1.14 bits per heavy atom.